The number of hydrogen-bond acceptors (Lipinski definition) is 5. The Labute approximate surface area is 158 Å². The van der Waals surface area contributed by atoms with E-state index >= 15 is 0 Å². The normalized spacial score (nSPS) is 12.1. The topological polar surface area (TPSA) is 84.6 Å². The Morgan fingerprint density at radius 1 is 1.15 bits per heavy atom. The number of nitrogens with zero attached hydrogens (tertiary/aromatic N) is 2. The Hall–Kier alpha value is -2.42. The summed E-state index contributed by atoms with van der Waals surface area (Å²) in [4.78, 5) is 13.8. The number of aryl methyl sites for hydroxylation is 1. The number of hydrogen-bond donors (Lipinski definition) is 1. The van der Waals surface area contributed by atoms with Gasteiger partial charge in [0.25, 0.3) is 0 Å². The molecule has 0 spiro atoms. The van der Waals surface area contributed by atoms with Crippen molar-refractivity contribution >= 4 is 21.1 Å². The fourth-order valence-corrected chi connectivity index (χ4v) is 3.98. The fourth-order valence-electron chi connectivity index (χ4n) is 2.89. The van der Waals surface area contributed by atoms with Crippen molar-refractivity contribution < 1.29 is 12.8 Å². The van der Waals surface area contributed by atoms with Crippen LogP contribution in [0.1, 0.15) is 12.0 Å². The zero-order valence-electron chi connectivity index (χ0n) is 15.4. The van der Waals surface area contributed by atoms with Gasteiger partial charge in [0.1, 0.15) is 0 Å². The molecule has 0 aliphatic rings. The van der Waals surface area contributed by atoms with Crippen LogP contribution in [0.3, 0.4) is 0 Å². The van der Waals surface area contributed by atoms with E-state index in [-0.39, 0.29) is 10.5 Å². The molecule has 0 bridgehead atoms. The molecule has 1 aromatic heterocycles. The van der Waals surface area contributed by atoms with Gasteiger partial charge in [-0.25, -0.2) is 17.9 Å². The van der Waals surface area contributed by atoms with Crippen molar-refractivity contribution in [1.82, 2.24) is 14.2 Å². The average Bonchev–Trinajstić information content (AvgIpc) is 2.93. The van der Waals surface area contributed by atoms with Crippen LogP contribution in [-0.4, -0.2) is 38.0 Å². The monoisotopic (exact) mass is 389 g/mol. The van der Waals surface area contributed by atoms with Crippen molar-refractivity contribution in [3.63, 3.8) is 0 Å². The Bertz CT molecular complexity index is 1070. The number of sulfonamides is 1. The van der Waals surface area contributed by atoms with Crippen molar-refractivity contribution in [1.29, 1.82) is 0 Å². The maximum atomic E-state index is 12.5. The van der Waals surface area contributed by atoms with Gasteiger partial charge in [-0.15, -0.1) is 0 Å². The molecule has 0 radical (unpaired) electrons. The molecule has 0 amide bonds. The molecule has 3 rings (SSSR count). The van der Waals surface area contributed by atoms with Crippen LogP contribution in [0.15, 0.2) is 62.6 Å². The Balaban J connectivity index is 1.55. The molecule has 0 aliphatic heterocycles. The lowest BCUT2D eigenvalue weighted by Gasteiger charge is -2.16. The predicted molar refractivity (Wildman–Crippen MR) is 104 cm³/mol. The molecule has 8 heteroatoms. The minimum absolute atomic E-state index is 0.0852. The first-order valence-corrected chi connectivity index (χ1v) is 10.2. The van der Waals surface area contributed by atoms with Crippen LogP contribution in [0.5, 0.6) is 0 Å². The number of rotatable bonds is 8. The van der Waals surface area contributed by atoms with Crippen molar-refractivity contribution in [2.24, 2.45) is 7.05 Å². The SMILES string of the molecule is CN(CCCNS(=O)(=O)c1ccc2c(c1)oc(=O)n2C)Cc1ccccc1. The lowest BCUT2D eigenvalue weighted by atomic mass is 10.2. The number of fused-ring (bicyclic) bond motifs is 1. The van der Waals surface area contributed by atoms with Gasteiger partial charge in [-0.1, -0.05) is 30.3 Å². The molecule has 0 fully saturated rings. The molecule has 1 heterocycles. The zero-order valence-corrected chi connectivity index (χ0v) is 16.2. The molecule has 0 unspecified atom stereocenters. The Kier molecular flexibility index (Phi) is 5.79. The van der Waals surface area contributed by atoms with Crippen LogP contribution in [0, 0.1) is 0 Å². The highest BCUT2D eigenvalue weighted by Gasteiger charge is 2.16. The van der Waals surface area contributed by atoms with E-state index in [1.54, 1.807) is 13.1 Å². The van der Waals surface area contributed by atoms with Gasteiger partial charge in [0.05, 0.1) is 10.4 Å². The third-order valence-corrected chi connectivity index (χ3v) is 5.84. The van der Waals surface area contributed by atoms with Crippen LogP contribution >= 0.6 is 0 Å². The average molecular weight is 389 g/mol. The van der Waals surface area contributed by atoms with Crippen LogP contribution in [-0.2, 0) is 23.6 Å². The van der Waals surface area contributed by atoms with Crippen molar-refractivity contribution in [2.45, 2.75) is 17.9 Å². The molecule has 144 valence electrons. The summed E-state index contributed by atoms with van der Waals surface area (Å²) in [6.07, 6.45) is 0.686. The summed E-state index contributed by atoms with van der Waals surface area (Å²) in [7, 11) is -0.0693. The molecule has 1 N–H and O–H groups in total. The zero-order chi connectivity index (χ0) is 19.4. The van der Waals surface area contributed by atoms with E-state index in [4.69, 9.17) is 4.42 Å². The predicted octanol–water partition coefficient (Wildman–Crippen LogP) is 1.93. The summed E-state index contributed by atoms with van der Waals surface area (Å²) in [6.45, 7) is 1.92. The van der Waals surface area contributed by atoms with Gasteiger partial charge < -0.3 is 9.32 Å². The molecule has 0 atom stereocenters. The highest BCUT2D eigenvalue weighted by atomic mass is 32.2. The number of oxazole rings is 1. The molecule has 0 saturated heterocycles. The molecule has 27 heavy (non-hydrogen) atoms. The van der Waals surface area contributed by atoms with Gasteiger partial charge in [0.15, 0.2) is 5.58 Å². The largest absolute Gasteiger partial charge is 0.419 e. The van der Waals surface area contributed by atoms with E-state index in [0.717, 1.165) is 13.1 Å². The van der Waals surface area contributed by atoms with Gasteiger partial charge in [-0.2, -0.15) is 0 Å². The Morgan fingerprint density at radius 2 is 1.89 bits per heavy atom. The standard InChI is InChI=1S/C19H23N3O4S/c1-21(14-15-7-4-3-5-8-15)12-6-11-20-27(24,25)16-9-10-17-18(13-16)26-19(23)22(17)2/h3-5,7-10,13,20H,6,11-12,14H2,1-2H3. The third-order valence-electron chi connectivity index (χ3n) is 4.38. The maximum absolute atomic E-state index is 12.5. The number of aromatic nitrogens is 1. The van der Waals surface area contributed by atoms with Crippen molar-refractivity contribution in [2.75, 3.05) is 20.1 Å². The first kappa shape index (κ1) is 19.3. The van der Waals surface area contributed by atoms with Gasteiger partial charge in [0.2, 0.25) is 10.0 Å². The minimum Gasteiger partial charge on any atom is -0.408 e. The molecular weight excluding hydrogens is 366 g/mol. The summed E-state index contributed by atoms with van der Waals surface area (Å²) in [5.41, 5.74) is 2.03. The van der Waals surface area contributed by atoms with E-state index in [1.165, 1.54) is 22.3 Å². The van der Waals surface area contributed by atoms with Crippen LogP contribution < -0.4 is 10.5 Å². The van der Waals surface area contributed by atoms with Crippen molar-refractivity contribution in [3.05, 3.63) is 64.6 Å². The second-order valence-electron chi connectivity index (χ2n) is 6.53. The van der Waals surface area contributed by atoms with Gasteiger partial charge in [-0.3, -0.25) is 4.57 Å². The van der Waals surface area contributed by atoms with E-state index in [1.807, 2.05) is 25.2 Å². The van der Waals surface area contributed by atoms with Gasteiger partial charge in [-0.05, 0) is 37.7 Å². The van der Waals surface area contributed by atoms with E-state index in [0.29, 0.717) is 18.5 Å². The molecule has 0 aliphatic carbocycles. The fraction of sp³-hybridized carbons (Fsp3) is 0.316. The molecule has 2 aromatic carbocycles. The maximum Gasteiger partial charge on any atom is 0.419 e. The van der Waals surface area contributed by atoms with Gasteiger partial charge >= 0.3 is 5.76 Å². The van der Waals surface area contributed by atoms with Crippen LogP contribution in [0.2, 0.25) is 0 Å². The van der Waals surface area contributed by atoms with Gasteiger partial charge in [0, 0.05) is 26.2 Å². The molecular formula is C19H23N3O4S. The molecule has 7 nitrogen and oxygen atoms in total. The van der Waals surface area contributed by atoms with E-state index in [2.05, 4.69) is 21.8 Å². The summed E-state index contributed by atoms with van der Waals surface area (Å²) < 4.78 is 33.9. The van der Waals surface area contributed by atoms with E-state index < -0.39 is 15.8 Å². The third kappa shape index (κ3) is 4.65. The lowest BCUT2D eigenvalue weighted by Crippen LogP contribution is -2.28. The summed E-state index contributed by atoms with van der Waals surface area (Å²) >= 11 is 0. The quantitative estimate of drug-likeness (QED) is 0.595. The Morgan fingerprint density at radius 3 is 2.63 bits per heavy atom. The summed E-state index contributed by atoms with van der Waals surface area (Å²) in [6, 6.07) is 14.5. The second-order valence-corrected chi connectivity index (χ2v) is 8.30. The highest BCUT2D eigenvalue weighted by molar-refractivity contribution is 7.89. The number of nitrogens with one attached hydrogen (secondary N) is 1. The highest BCUT2D eigenvalue weighted by Crippen LogP contribution is 2.17. The lowest BCUT2D eigenvalue weighted by molar-refractivity contribution is 0.322. The van der Waals surface area contributed by atoms with E-state index in [9.17, 15) is 13.2 Å². The van der Waals surface area contributed by atoms with Crippen LogP contribution in [0.4, 0.5) is 0 Å². The first-order valence-electron chi connectivity index (χ1n) is 8.68. The number of benzene rings is 2. The summed E-state index contributed by atoms with van der Waals surface area (Å²) in [5, 5.41) is 0. The van der Waals surface area contributed by atoms with Crippen molar-refractivity contribution in [3.8, 4) is 0 Å². The first-order chi connectivity index (χ1) is 12.9. The smallest absolute Gasteiger partial charge is 0.408 e. The summed E-state index contributed by atoms with van der Waals surface area (Å²) in [5.74, 6) is -0.519. The van der Waals surface area contributed by atoms with Crippen LogP contribution in [0.25, 0.3) is 11.1 Å². The molecule has 3 aromatic rings. The minimum atomic E-state index is -3.65. The second kappa shape index (κ2) is 8.08. The molecule has 0 saturated carbocycles.